The number of aromatic hydroxyl groups is 1. The second-order valence-corrected chi connectivity index (χ2v) is 6.79. The van der Waals surface area contributed by atoms with Crippen molar-refractivity contribution in [3.05, 3.63) is 65.2 Å². The van der Waals surface area contributed by atoms with E-state index in [9.17, 15) is 19.8 Å². The minimum absolute atomic E-state index is 0.0157. The molecule has 0 spiro atoms. The van der Waals surface area contributed by atoms with Crippen LogP contribution in [0.2, 0.25) is 0 Å². The third kappa shape index (κ3) is 4.29. The summed E-state index contributed by atoms with van der Waals surface area (Å²) >= 11 is 0. The molecule has 30 heavy (non-hydrogen) atoms. The van der Waals surface area contributed by atoms with E-state index in [-0.39, 0.29) is 30.2 Å². The van der Waals surface area contributed by atoms with E-state index in [4.69, 9.17) is 9.84 Å². The van der Waals surface area contributed by atoms with Crippen LogP contribution in [0, 0.1) is 0 Å². The Hall–Kier alpha value is -3.36. The van der Waals surface area contributed by atoms with Crippen molar-refractivity contribution in [2.24, 2.45) is 0 Å². The maximum Gasteiger partial charge on any atom is 0.295 e. The van der Waals surface area contributed by atoms with E-state index in [1.807, 2.05) is 0 Å². The number of hydrogen-bond acceptors (Lipinski definition) is 7. The predicted octanol–water partition coefficient (Wildman–Crippen LogP) is 1.40. The molecule has 3 rings (SSSR count). The van der Waals surface area contributed by atoms with Gasteiger partial charge in [0.05, 0.1) is 25.3 Å². The van der Waals surface area contributed by atoms with Crippen molar-refractivity contribution in [1.29, 1.82) is 0 Å². The summed E-state index contributed by atoms with van der Waals surface area (Å²) in [6, 6.07) is 11.9. The number of amides is 1. The zero-order valence-electron chi connectivity index (χ0n) is 16.5. The summed E-state index contributed by atoms with van der Waals surface area (Å²) in [5, 5.41) is 32.4. The number of aliphatic hydroxyl groups is 2. The quantitative estimate of drug-likeness (QED) is 0.224. The topological polar surface area (TPSA) is 119 Å². The van der Waals surface area contributed by atoms with Crippen LogP contribution in [-0.4, -0.2) is 65.3 Å². The number of carbonyl (C=O) groups is 2. The lowest BCUT2D eigenvalue weighted by Gasteiger charge is -2.25. The molecule has 1 aliphatic heterocycles. The van der Waals surface area contributed by atoms with Crippen molar-refractivity contribution in [1.82, 2.24) is 10.2 Å². The largest absolute Gasteiger partial charge is 0.508 e. The summed E-state index contributed by atoms with van der Waals surface area (Å²) < 4.78 is 5.12. The fourth-order valence-electron chi connectivity index (χ4n) is 3.42. The average molecular weight is 412 g/mol. The minimum Gasteiger partial charge on any atom is -0.508 e. The number of nitrogens with zero attached hydrogens (tertiary/aromatic N) is 1. The first-order chi connectivity index (χ1) is 14.5. The Morgan fingerprint density at radius 3 is 2.33 bits per heavy atom. The number of ether oxygens (including phenoxy) is 1. The predicted molar refractivity (Wildman–Crippen MR) is 110 cm³/mol. The molecule has 8 nitrogen and oxygen atoms in total. The third-order valence-electron chi connectivity index (χ3n) is 4.93. The Balaban J connectivity index is 2.04. The molecule has 0 aliphatic carbocycles. The summed E-state index contributed by atoms with van der Waals surface area (Å²) in [5.41, 5.74) is 0.957. The van der Waals surface area contributed by atoms with Crippen LogP contribution < -0.4 is 10.1 Å². The number of methoxy groups -OCH3 is 1. The molecule has 0 aromatic heterocycles. The van der Waals surface area contributed by atoms with Gasteiger partial charge in [-0.15, -0.1) is 0 Å². The van der Waals surface area contributed by atoms with Gasteiger partial charge in [-0.2, -0.15) is 0 Å². The molecule has 1 fully saturated rings. The number of carbonyl (C=O) groups excluding carboxylic acids is 2. The van der Waals surface area contributed by atoms with Crippen molar-refractivity contribution < 1.29 is 29.6 Å². The third-order valence-corrected chi connectivity index (χ3v) is 4.93. The molecule has 8 heteroatoms. The van der Waals surface area contributed by atoms with Crippen LogP contribution in [0.1, 0.15) is 17.2 Å². The highest BCUT2D eigenvalue weighted by molar-refractivity contribution is 6.46. The van der Waals surface area contributed by atoms with Gasteiger partial charge in [-0.05, 0) is 42.0 Å². The second kappa shape index (κ2) is 9.43. The molecule has 1 aliphatic rings. The van der Waals surface area contributed by atoms with Crippen LogP contribution in [0.5, 0.6) is 11.5 Å². The molecule has 2 aromatic carbocycles. The van der Waals surface area contributed by atoms with Crippen molar-refractivity contribution in [2.75, 3.05) is 33.4 Å². The SMILES string of the molecule is COc1ccc(C(O)=C2C(=O)C(=O)N(CCNCCO)[C@H]2c2ccc(O)cc2)cc1. The molecule has 0 radical (unpaired) electrons. The van der Waals surface area contributed by atoms with E-state index < -0.39 is 17.7 Å². The molecular formula is C22H24N2O6. The van der Waals surface area contributed by atoms with E-state index in [0.29, 0.717) is 30.0 Å². The van der Waals surface area contributed by atoms with Gasteiger partial charge in [-0.25, -0.2) is 0 Å². The Labute approximate surface area is 174 Å². The number of ketones is 1. The maximum atomic E-state index is 12.8. The molecule has 1 heterocycles. The fraction of sp³-hybridized carbons (Fsp3) is 0.273. The number of aliphatic hydroxyl groups excluding tert-OH is 2. The highest BCUT2D eigenvalue weighted by atomic mass is 16.5. The van der Waals surface area contributed by atoms with Gasteiger partial charge in [0, 0.05) is 25.2 Å². The minimum atomic E-state index is -0.802. The lowest BCUT2D eigenvalue weighted by molar-refractivity contribution is -0.139. The van der Waals surface area contributed by atoms with Crippen molar-refractivity contribution in [2.45, 2.75) is 6.04 Å². The number of Topliss-reactive ketones (excluding diaryl/α,β-unsaturated/α-hetero) is 1. The molecule has 4 N–H and O–H groups in total. The molecule has 1 amide bonds. The number of likely N-dealkylation sites (tertiary alicyclic amines) is 1. The number of rotatable bonds is 8. The molecule has 158 valence electrons. The molecular weight excluding hydrogens is 388 g/mol. The fourth-order valence-corrected chi connectivity index (χ4v) is 3.42. The van der Waals surface area contributed by atoms with Gasteiger partial charge in [-0.3, -0.25) is 9.59 Å². The van der Waals surface area contributed by atoms with Gasteiger partial charge in [0.25, 0.3) is 11.7 Å². The number of phenolic OH excluding ortho intramolecular Hbond substituents is 1. The molecule has 1 saturated heterocycles. The Morgan fingerprint density at radius 1 is 1.07 bits per heavy atom. The highest BCUT2D eigenvalue weighted by Gasteiger charge is 2.45. The average Bonchev–Trinajstić information content (AvgIpc) is 3.01. The molecule has 0 bridgehead atoms. The zero-order chi connectivity index (χ0) is 21.7. The van der Waals surface area contributed by atoms with Crippen LogP contribution in [0.4, 0.5) is 0 Å². The molecule has 2 aromatic rings. The molecule has 0 unspecified atom stereocenters. The van der Waals surface area contributed by atoms with Gasteiger partial charge >= 0.3 is 0 Å². The lowest BCUT2D eigenvalue weighted by atomic mass is 9.95. The van der Waals surface area contributed by atoms with Crippen molar-refractivity contribution in [3.8, 4) is 11.5 Å². The van der Waals surface area contributed by atoms with Gasteiger partial charge in [0.1, 0.15) is 17.3 Å². The van der Waals surface area contributed by atoms with Gasteiger partial charge in [0.2, 0.25) is 0 Å². The van der Waals surface area contributed by atoms with Crippen LogP contribution in [0.25, 0.3) is 5.76 Å². The zero-order valence-corrected chi connectivity index (χ0v) is 16.5. The van der Waals surface area contributed by atoms with E-state index in [1.54, 1.807) is 36.4 Å². The summed E-state index contributed by atoms with van der Waals surface area (Å²) in [5.74, 6) is -1.12. The first kappa shape index (κ1) is 21.4. The molecule has 0 saturated carbocycles. The summed E-state index contributed by atoms with van der Waals surface area (Å²) in [6.45, 7) is 0.886. The van der Waals surface area contributed by atoms with E-state index in [2.05, 4.69) is 5.32 Å². The monoisotopic (exact) mass is 412 g/mol. The van der Waals surface area contributed by atoms with Crippen LogP contribution in [-0.2, 0) is 9.59 Å². The van der Waals surface area contributed by atoms with Gasteiger partial charge in [0.15, 0.2) is 0 Å². The second-order valence-electron chi connectivity index (χ2n) is 6.79. The van der Waals surface area contributed by atoms with E-state index in [1.165, 1.54) is 24.1 Å². The Morgan fingerprint density at radius 2 is 1.73 bits per heavy atom. The first-order valence-corrected chi connectivity index (χ1v) is 9.51. The Kier molecular flexibility index (Phi) is 6.71. The van der Waals surface area contributed by atoms with E-state index >= 15 is 0 Å². The maximum absolute atomic E-state index is 12.8. The summed E-state index contributed by atoms with van der Waals surface area (Å²) in [7, 11) is 1.52. The van der Waals surface area contributed by atoms with E-state index in [0.717, 1.165) is 0 Å². The van der Waals surface area contributed by atoms with Crippen molar-refractivity contribution >= 4 is 17.4 Å². The van der Waals surface area contributed by atoms with Gasteiger partial charge in [-0.1, -0.05) is 12.1 Å². The highest BCUT2D eigenvalue weighted by Crippen LogP contribution is 2.39. The summed E-state index contributed by atoms with van der Waals surface area (Å²) in [4.78, 5) is 27.0. The van der Waals surface area contributed by atoms with Crippen LogP contribution in [0.15, 0.2) is 54.1 Å². The first-order valence-electron chi connectivity index (χ1n) is 9.51. The lowest BCUT2D eigenvalue weighted by Crippen LogP contribution is -2.36. The number of phenols is 1. The number of benzene rings is 2. The van der Waals surface area contributed by atoms with Crippen molar-refractivity contribution in [3.63, 3.8) is 0 Å². The smallest absolute Gasteiger partial charge is 0.295 e. The normalized spacial score (nSPS) is 18.1. The number of hydrogen-bond donors (Lipinski definition) is 4. The number of nitrogens with one attached hydrogen (secondary N) is 1. The standard InChI is InChI=1S/C22H24N2O6/c1-30-17-8-4-15(5-9-17)20(27)18-19(14-2-6-16(26)7-3-14)24(22(29)21(18)28)12-10-23-11-13-25/h2-9,19,23,25-27H,10-13H2,1H3/t19-/m0/s1. The van der Waals surface area contributed by atoms with Crippen LogP contribution in [0.3, 0.4) is 0 Å². The summed E-state index contributed by atoms with van der Waals surface area (Å²) in [6.07, 6.45) is 0. The molecule has 1 atom stereocenters. The van der Waals surface area contributed by atoms with Crippen LogP contribution >= 0.6 is 0 Å². The Bertz CT molecular complexity index is 937. The van der Waals surface area contributed by atoms with Gasteiger partial charge < -0.3 is 30.3 Å².